The minimum Gasteiger partial charge on any atom is -0.497 e. The molecule has 2 aromatic carbocycles. The van der Waals surface area contributed by atoms with Gasteiger partial charge in [-0.1, -0.05) is 24.6 Å². The van der Waals surface area contributed by atoms with Crippen LogP contribution in [0.3, 0.4) is 0 Å². The van der Waals surface area contributed by atoms with Crippen molar-refractivity contribution in [2.75, 3.05) is 25.6 Å². The van der Waals surface area contributed by atoms with E-state index in [0.717, 1.165) is 24.5 Å². The number of nitrogens with zero attached hydrogens (tertiary/aromatic N) is 1. The number of aryl methyl sites for hydroxylation is 1. The molecule has 0 spiro atoms. The lowest BCUT2D eigenvalue weighted by atomic mass is 10.1. The molecule has 0 fully saturated rings. The topological polar surface area (TPSA) is 24.5 Å². The van der Waals surface area contributed by atoms with Crippen LogP contribution in [0.4, 0.5) is 11.4 Å². The van der Waals surface area contributed by atoms with Crippen LogP contribution in [0.25, 0.3) is 0 Å². The molecule has 0 radical (unpaired) electrons. The van der Waals surface area contributed by atoms with Gasteiger partial charge in [0.05, 0.1) is 7.11 Å². The van der Waals surface area contributed by atoms with Crippen molar-refractivity contribution in [2.24, 2.45) is 0 Å². The van der Waals surface area contributed by atoms with E-state index in [1.54, 1.807) is 7.11 Å². The van der Waals surface area contributed by atoms with Gasteiger partial charge < -0.3 is 15.0 Å². The van der Waals surface area contributed by atoms with Crippen molar-refractivity contribution in [1.82, 2.24) is 5.32 Å². The molecule has 0 aliphatic heterocycles. The summed E-state index contributed by atoms with van der Waals surface area (Å²) < 4.78 is 5.22. The molecule has 0 aliphatic rings. The highest BCUT2D eigenvalue weighted by atomic mass is 16.5. The van der Waals surface area contributed by atoms with Crippen LogP contribution in [0.15, 0.2) is 42.5 Å². The third-order valence-corrected chi connectivity index (χ3v) is 3.62. The van der Waals surface area contributed by atoms with Crippen LogP contribution in [0.5, 0.6) is 5.75 Å². The summed E-state index contributed by atoms with van der Waals surface area (Å²) in [5.74, 6) is 0.879. The van der Waals surface area contributed by atoms with E-state index in [0.29, 0.717) is 0 Å². The second-order valence-corrected chi connectivity index (χ2v) is 5.17. The van der Waals surface area contributed by atoms with Gasteiger partial charge in [0.2, 0.25) is 0 Å². The summed E-state index contributed by atoms with van der Waals surface area (Å²) in [7, 11) is 3.79. The number of hydrogen-bond acceptors (Lipinski definition) is 3. The van der Waals surface area contributed by atoms with Gasteiger partial charge in [-0.25, -0.2) is 0 Å². The summed E-state index contributed by atoms with van der Waals surface area (Å²) in [6.07, 6.45) is 0. The first-order chi connectivity index (χ1) is 10.2. The number of rotatable bonds is 6. The van der Waals surface area contributed by atoms with Gasteiger partial charge >= 0.3 is 0 Å². The molecule has 0 aromatic heterocycles. The number of hydrogen-bond donors (Lipinski definition) is 1. The van der Waals surface area contributed by atoms with Gasteiger partial charge in [0, 0.05) is 25.0 Å². The van der Waals surface area contributed by atoms with E-state index in [4.69, 9.17) is 4.74 Å². The molecule has 0 heterocycles. The highest BCUT2D eigenvalue weighted by molar-refractivity contribution is 5.66. The normalized spacial score (nSPS) is 10.5. The second-order valence-electron chi connectivity index (χ2n) is 5.17. The minimum atomic E-state index is 0.879. The highest BCUT2D eigenvalue weighted by Gasteiger charge is 2.09. The SMILES string of the molecule is CCNCc1cc(C)ccc1N(C)c1ccc(OC)cc1. The molecule has 0 unspecified atom stereocenters. The molecule has 2 aromatic rings. The van der Waals surface area contributed by atoms with Gasteiger partial charge in [0.1, 0.15) is 5.75 Å². The van der Waals surface area contributed by atoms with Crippen molar-refractivity contribution in [3.05, 3.63) is 53.6 Å². The smallest absolute Gasteiger partial charge is 0.119 e. The summed E-state index contributed by atoms with van der Waals surface area (Å²) in [5.41, 5.74) is 4.98. The van der Waals surface area contributed by atoms with E-state index < -0.39 is 0 Å². The summed E-state index contributed by atoms with van der Waals surface area (Å²) in [6, 6.07) is 14.7. The Morgan fingerprint density at radius 3 is 2.43 bits per heavy atom. The van der Waals surface area contributed by atoms with Crippen LogP contribution in [0, 0.1) is 6.92 Å². The first kappa shape index (κ1) is 15.4. The van der Waals surface area contributed by atoms with E-state index in [9.17, 15) is 0 Å². The van der Waals surface area contributed by atoms with Gasteiger partial charge in [0.15, 0.2) is 0 Å². The molecule has 3 nitrogen and oxygen atoms in total. The van der Waals surface area contributed by atoms with Crippen molar-refractivity contribution in [3.63, 3.8) is 0 Å². The molecule has 1 N–H and O–H groups in total. The summed E-state index contributed by atoms with van der Waals surface area (Å²) in [6.45, 7) is 6.11. The van der Waals surface area contributed by atoms with Crippen molar-refractivity contribution in [2.45, 2.75) is 20.4 Å². The monoisotopic (exact) mass is 284 g/mol. The number of anilines is 2. The first-order valence-corrected chi connectivity index (χ1v) is 7.33. The van der Waals surface area contributed by atoms with Gasteiger partial charge in [0.25, 0.3) is 0 Å². The fourth-order valence-electron chi connectivity index (χ4n) is 2.39. The summed E-state index contributed by atoms with van der Waals surface area (Å²) in [5, 5.41) is 3.41. The third kappa shape index (κ3) is 3.76. The molecule has 0 bridgehead atoms. The van der Waals surface area contributed by atoms with E-state index in [2.05, 4.69) is 61.4 Å². The molecule has 3 heteroatoms. The molecule has 112 valence electrons. The maximum atomic E-state index is 5.22. The number of benzene rings is 2. The number of methoxy groups -OCH3 is 1. The maximum Gasteiger partial charge on any atom is 0.119 e. The lowest BCUT2D eigenvalue weighted by Gasteiger charge is -2.23. The highest BCUT2D eigenvalue weighted by Crippen LogP contribution is 2.29. The van der Waals surface area contributed by atoms with Crippen LogP contribution >= 0.6 is 0 Å². The van der Waals surface area contributed by atoms with Crippen LogP contribution < -0.4 is 15.0 Å². The molecule has 21 heavy (non-hydrogen) atoms. The predicted octanol–water partition coefficient (Wildman–Crippen LogP) is 3.88. The van der Waals surface area contributed by atoms with Crippen LogP contribution in [-0.4, -0.2) is 20.7 Å². The molecule has 0 saturated carbocycles. The van der Waals surface area contributed by atoms with Gasteiger partial charge in [-0.3, -0.25) is 0 Å². The van der Waals surface area contributed by atoms with E-state index in [1.807, 2.05) is 12.1 Å². The lowest BCUT2D eigenvalue weighted by Crippen LogP contribution is -2.17. The quantitative estimate of drug-likeness (QED) is 0.871. The Bertz CT molecular complexity index is 578. The van der Waals surface area contributed by atoms with Gasteiger partial charge in [-0.15, -0.1) is 0 Å². The number of ether oxygens (including phenoxy) is 1. The van der Waals surface area contributed by atoms with E-state index in [-0.39, 0.29) is 0 Å². The summed E-state index contributed by atoms with van der Waals surface area (Å²) in [4.78, 5) is 2.21. The first-order valence-electron chi connectivity index (χ1n) is 7.33. The largest absolute Gasteiger partial charge is 0.497 e. The Morgan fingerprint density at radius 2 is 1.81 bits per heavy atom. The summed E-state index contributed by atoms with van der Waals surface area (Å²) >= 11 is 0. The Kier molecular flexibility index (Phi) is 5.23. The Hall–Kier alpha value is -2.00. The molecule has 0 saturated heterocycles. The molecule has 0 atom stereocenters. The number of nitrogens with one attached hydrogen (secondary N) is 1. The molecular weight excluding hydrogens is 260 g/mol. The van der Waals surface area contributed by atoms with Crippen molar-refractivity contribution >= 4 is 11.4 Å². The second kappa shape index (κ2) is 7.14. The maximum absolute atomic E-state index is 5.22. The lowest BCUT2D eigenvalue weighted by molar-refractivity contribution is 0.415. The average molecular weight is 284 g/mol. The van der Waals surface area contributed by atoms with Crippen molar-refractivity contribution in [1.29, 1.82) is 0 Å². The average Bonchev–Trinajstić information content (AvgIpc) is 2.52. The standard InChI is InChI=1S/C18H24N2O/c1-5-19-13-15-12-14(2)6-11-18(15)20(3)16-7-9-17(21-4)10-8-16/h6-12,19H,5,13H2,1-4H3. The minimum absolute atomic E-state index is 0.879. The van der Waals surface area contributed by atoms with Crippen LogP contribution in [0.2, 0.25) is 0 Å². The van der Waals surface area contributed by atoms with Crippen molar-refractivity contribution < 1.29 is 4.74 Å². The van der Waals surface area contributed by atoms with Crippen LogP contribution in [0.1, 0.15) is 18.1 Å². The molecular formula is C18H24N2O. The zero-order chi connectivity index (χ0) is 15.2. The third-order valence-electron chi connectivity index (χ3n) is 3.62. The molecule has 0 amide bonds. The Labute approximate surface area is 127 Å². The fourth-order valence-corrected chi connectivity index (χ4v) is 2.39. The molecule has 2 rings (SSSR count). The van der Waals surface area contributed by atoms with Crippen molar-refractivity contribution in [3.8, 4) is 5.75 Å². The predicted molar refractivity (Wildman–Crippen MR) is 89.6 cm³/mol. The zero-order valence-electron chi connectivity index (χ0n) is 13.3. The van der Waals surface area contributed by atoms with Gasteiger partial charge in [-0.2, -0.15) is 0 Å². The fraction of sp³-hybridized carbons (Fsp3) is 0.333. The van der Waals surface area contributed by atoms with Gasteiger partial charge in [-0.05, 0) is 49.4 Å². The van der Waals surface area contributed by atoms with E-state index in [1.165, 1.54) is 16.8 Å². The zero-order valence-corrected chi connectivity index (χ0v) is 13.3. The molecule has 0 aliphatic carbocycles. The van der Waals surface area contributed by atoms with E-state index >= 15 is 0 Å². The Balaban J connectivity index is 2.30. The Morgan fingerprint density at radius 1 is 1.10 bits per heavy atom. The van der Waals surface area contributed by atoms with Crippen LogP contribution in [-0.2, 0) is 6.54 Å².